The number of nitro groups is 1. The summed E-state index contributed by atoms with van der Waals surface area (Å²) in [7, 11) is 0. The third-order valence-electron chi connectivity index (χ3n) is 3.15. The number of aliphatic hydroxyl groups excluding tert-OH is 2. The van der Waals surface area contributed by atoms with Crippen LogP contribution in [0, 0.1) is 21.4 Å². The maximum absolute atomic E-state index is 11.5. The topological polar surface area (TPSA) is 146 Å². The molecule has 0 saturated carbocycles. The average molecular weight is 351 g/mol. The van der Waals surface area contributed by atoms with Crippen molar-refractivity contribution in [1.82, 2.24) is 5.32 Å². The van der Waals surface area contributed by atoms with E-state index in [0.29, 0.717) is 0 Å². The molecule has 3 N–H and O–H groups in total. The molecule has 0 spiro atoms. The predicted molar refractivity (Wildman–Crippen MR) is 87.6 cm³/mol. The number of nitro benzene ring substituents is 1. The number of rotatable bonds is 6. The lowest BCUT2D eigenvalue weighted by atomic mass is 9.99. The van der Waals surface area contributed by atoms with Crippen LogP contribution in [0.2, 0.25) is 0 Å². The van der Waals surface area contributed by atoms with Crippen LogP contribution in [0.15, 0.2) is 18.2 Å². The molecule has 2 unspecified atom stereocenters. The van der Waals surface area contributed by atoms with E-state index in [-0.39, 0.29) is 24.1 Å². The summed E-state index contributed by atoms with van der Waals surface area (Å²) >= 11 is 0. The highest BCUT2D eigenvalue weighted by Gasteiger charge is 2.27. The lowest BCUT2D eigenvalue weighted by Crippen LogP contribution is -2.34. The standard InChI is InChI=1S/C16H21N3O6/c1-16(2,3)25-15(22)18-7-6-13(20)14(21)11-5-4-10(9-17)8-12(11)19(23)24/h4-5,8,13-14,20-21H,6-7H2,1-3H3,(H,18,22). The third kappa shape index (κ3) is 6.37. The van der Waals surface area contributed by atoms with Crippen LogP contribution in [-0.2, 0) is 4.74 Å². The van der Waals surface area contributed by atoms with E-state index in [0.717, 1.165) is 6.07 Å². The lowest BCUT2D eigenvalue weighted by molar-refractivity contribution is -0.386. The van der Waals surface area contributed by atoms with Crippen molar-refractivity contribution in [3.8, 4) is 6.07 Å². The van der Waals surface area contributed by atoms with E-state index in [1.54, 1.807) is 26.8 Å². The van der Waals surface area contributed by atoms with Gasteiger partial charge in [-0.2, -0.15) is 5.26 Å². The van der Waals surface area contributed by atoms with Gasteiger partial charge in [-0.1, -0.05) is 0 Å². The van der Waals surface area contributed by atoms with E-state index in [1.165, 1.54) is 12.1 Å². The second kappa shape index (κ2) is 8.41. The number of alkyl carbamates (subject to hydrolysis) is 1. The van der Waals surface area contributed by atoms with Crippen molar-refractivity contribution in [2.45, 2.75) is 45.0 Å². The molecule has 0 aromatic heterocycles. The number of carbonyl (C=O) groups excluding carboxylic acids is 1. The second-order valence-electron chi connectivity index (χ2n) is 6.37. The number of hydrogen-bond acceptors (Lipinski definition) is 7. The quantitative estimate of drug-likeness (QED) is 0.523. The third-order valence-corrected chi connectivity index (χ3v) is 3.15. The van der Waals surface area contributed by atoms with Crippen molar-refractivity contribution in [3.05, 3.63) is 39.4 Å². The SMILES string of the molecule is CC(C)(C)OC(=O)NCCC(O)C(O)c1ccc(C#N)cc1[N+](=O)[O-]. The molecule has 0 aliphatic heterocycles. The fourth-order valence-electron chi connectivity index (χ4n) is 2.02. The van der Waals surface area contributed by atoms with Gasteiger partial charge < -0.3 is 20.3 Å². The van der Waals surface area contributed by atoms with Gasteiger partial charge in [0.1, 0.15) is 11.7 Å². The van der Waals surface area contributed by atoms with Crippen molar-refractivity contribution >= 4 is 11.8 Å². The number of amides is 1. The van der Waals surface area contributed by atoms with Crippen molar-refractivity contribution in [3.63, 3.8) is 0 Å². The van der Waals surface area contributed by atoms with Crippen LogP contribution in [0.5, 0.6) is 0 Å². The molecule has 0 saturated heterocycles. The smallest absolute Gasteiger partial charge is 0.407 e. The van der Waals surface area contributed by atoms with Crippen LogP contribution in [-0.4, -0.2) is 39.5 Å². The van der Waals surface area contributed by atoms with Crippen molar-refractivity contribution in [2.24, 2.45) is 0 Å². The number of aliphatic hydroxyl groups is 2. The van der Waals surface area contributed by atoms with Gasteiger partial charge >= 0.3 is 6.09 Å². The molecule has 1 amide bonds. The van der Waals surface area contributed by atoms with Crippen LogP contribution in [0.4, 0.5) is 10.5 Å². The summed E-state index contributed by atoms with van der Waals surface area (Å²) in [4.78, 5) is 21.8. The average Bonchev–Trinajstić information content (AvgIpc) is 2.51. The fraction of sp³-hybridized carbons (Fsp3) is 0.500. The first-order chi connectivity index (χ1) is 11.5. The molecule has 0 aliphatic rings. The van der Waals surface area contributed by atoms with Crippen molar-refractivity contribution in [2.75, 3.05) is 6.54 Å². The molecule has 1 rings (SSSR count). The fourth-order valence-corrected chi connectivity index (χ4v) is 2.02. The molecule has 0 fully saturated rings. The number of nitrogens with zero attached hydrogens (tertiary/aromatic N) is 2. The Morgan fingerprint density at radius 1 is 1.44 bits per heavy atom. The summed E-state index contributed by atoms with van der Waals surface area (Å²) in [5.74, 6) is 0. The first-order valence-electron chi connectivity index (χ1n) is 7.56. The molecule has 9 heteroatoms. The molecule has 9 nitrogen and oxygen atoms in total. The minimum absolute atomic E-state index is 0.0111. The first-order valence-corrected chi connectivity index (χ1v) is 7.56. The van der Waals surface area contributed by atoms with E-state index in [2.05, 4.69) is 5.32 Å². The summed E-state index contributed by atoms with van der Waals surface area (Å²) in [5.41, 5.74) is -1.14. The molecule has 0 radical (unpaired) electrons. The predicted octanol–water partition coefficient (Wildman–Crippen LogP) is 1.78. The zero-order chi connectivity index (χ0) is 19.2. The molecular weight excluding hydrogens is 330 g/mol. The van der Waals surface area contributed by atoms with Gasteiger partial charge in [0.25, 0.3) is 5.69 Å². The Morgan fingerprint density at radius 2 is 2.08 bits per heavy atom. The molecule has 1 aromatic rings. The molecule has 1 aromatic carbocycles. The zero-order valence-electron chi connectivity index (χ0n) is 14.2. The molecule has 0 aliphatic carbocycles. The Labute approximate surface area is 145 Å². The highest BCUT2D eigenvalue weighted by Crippen LogP contribution is 2.29. The highest BCUT2D eigenvalue weighted by atomic mass is 16.6. The van der Waals surface area contributed by atoms with Gasteiger partial charge in [0.2, 0.25) is 0 Å². The number of nitriles is 1. The minimum Gasteiger partial charge on any atom is -0.444 e. The Bertz CT molecular complexity index is 677. The Morgan fingerprint density at radius 3 is 2.60 bits per heavy atom. The largest absolute Gasteiger partial charge is 0.444 e. The van der Waals surface area contributed by atoms with E-state index in [4.69, 9.17) is 10.00 Å². The van der Waals surface area contributed by atoms with E-state index in [1.807, 2.05) is 0 Å². The van der Waals surface area contributed by atoms with Gasteiger partial charge in [-0.25, -0.2) is 4.79 Å². The van der Waals surface area contributed by atoms with E-state index >= 15 is 0 Å². The number of benzene rings is 1. The summed E-state index contributed by atoms with van der Waals surface area (Å²) in [6.07, 6.45) is -3.59. The van der Waals surface area contributed by atoms with E-state index < -0.39 is 34.5 Å². The number of nitrogens with one attached hydrogen (secondary N) is 1. The monoisotopic (exact) mass is 351 g/mol. The van der Waals surface area contributed by atoms with E-state index in [9.17, 15) is 25.1 Å². The summed E-state index contributed by atoms with van der Waals surface area (Å²) in [6, 6.07) is 5.35. The van der Waals surface area contributed by atoms with Gasteiger partial charge in [0, 0.05) is 12.6 Å². The summed E-state index contributed by atoms with van der Waals surface area (Å²) < 4.78 is 5.03. The molecule has 136 valence electrons. The highest BCUT2D eigenvalue weighted by molar-refractivity contribution is 5.67. The molecule has 0 bridgehead atoms. The molecule has 25 heavy (non-hydrogen) atoms. The number of carbonyl (C=O) groups is 1. The molecular formula is C16H21N3O6. The first kappa shape index (κ1) is 20.3. The Kier molecular flexibility index (Phi) is 6.85. The van der Waals surface area contributed by atoms with Crippen molar-refractivity contribution in [1.29, 1.82) is 5.26 Å². The minimum atomic E-state index is -1.53. The van der Waals surface area contributed by atoms with Crippen LogP contribution in [0.25, 0.3) is 0 Å². The number of hydrogen-bond donors (Lipinski definition) is 3. The van der Waals surface area contributed by atoms with Gasteiger partial charge in [0.05, 0.1) is 28.2 Å². The van der Waals surface area contributed by atoms with Gasteiger partial charge in [-0.3, -0.25) is 10.1 Å². The number of ether oxygens (including phenoxy) is 1. The normalized spacial score (nSPS) is 13.4. The Balaban J connectivity index is 2.71. The van der Waals surface area contributed by atoms with Crippen LogP contribution >= 0.6 is 0 Å². The van der Waals surface area contributed by atoms with Gasteiger partial charge in [0.15, 0.2) is 0 Å². The molecule has 2 atom stereocenters. The van der Waals surface area contributed by atoms with Gasteiger partial charge in [-0.15, -0.1) is 0 Å². The summed E-state index contributed by atoms with van der Waals surface area (Å²) in [6.45, 7) is 5.12. The van der Waals surface area contributed by atoms with Gasteiger partial charge in [-0.05, 0) is 39.3 Å². The van der Waals surface area contributed by atoms with Crippen LogP contribution in [0.3, 0.4) is 0 Å². The lowest BCUT2D eigenvalue weighted by Gasteiger charge is -2.21. The van der Waals surface area contributed by atoms with Crippen LogP contribution < -0.4 is 5.32 Å². The second-order valence-corrected chi connectivity index (χ2v) is 6.37. The zero-order valence-corrected chi connectivity index (χ0v) is 14.2. The Hall–Kier alpha value is -2.70. The molecule has 0 heterocycles. The maximum atomic E-state index is 11.5. The summed E-state index contributed by atoms with van der Waals surface area (Å²) in [5, 5.41) is 42.5. The van der Waals surface area contributed by atoms with Crippen LogP contribution in [0.1, 0.15) is 44.4 Å². The van der Waals surface area contributed by atoms with Crippen molar-refractivity contribution < 1.29 is 24.7 Å². The maximum Gasteiger partial charge on any atom is 0.407 e.